The van der Waals surface area contributed by atoms with Crippen molar-refractivity contribution >= 4 is 28.6 Å². The first-order chi connectivity index (χ1) is 11.0. The molecule has 1 aliphatic rings. The summed E-state index contributed by atoms with van der Waals surface area (Å²) in [6.45, 7) is 1.41. The average Bonchev–Trinajstić information content (AvgIpc) is 2.98. The van der Waals surface area contributed by atoms with Gasteiger partial charge < -0.3 is 14.8 Å². The third kappa shape index (κ3) is 3.01. The van der Waals surface area contributed by atoms with Gasteiger partial charge in [-0.1, -0.05) is 18.2 Å². The molecule has 0 saturated carbocycles. The number of hydrogen-bond acceptors (Lipinski definition) is 4. The van der Waals surface area contributed by atoms with Gasteiger partial charge in [-0.2, -0.15) is 11.8 Å². The summed E-state index contributed by atoms with van der Waals surface area (Å²) in [5.74, 6) is -0.0595. The van der Waals surface area contributed by atoms with E-state index >= 15 is 0 Å². The van der Waals surface area contributed by atoms with Crippen LogP contribution in [0.3, 0.4) is 0 Å². The molecule has 2 atom stereocenters. The first-order valence-corrected chi connectivity index (χ1v) is 8.90. The lowest BCUT2D eigenvalue weighted by Gasteiger charge is -2.23. The number of thioether (sulfide) groups is 1. The fraction of sp³-hybridized carbons (Fsp3) is 0.412. The summed E-state index contributed by atoms with van der Waals surface area (Å²) >= 11 is 1.79. The molecule has 2 aromatic rings. The van der Waals surface area contributed by atoms with E-state index in [9.17, 15) is 9.59 Å². The number of pyridine rings is 1. The molecule has 23 heavy (non-hydrogen) atoms. The van der Waals surface area contributed by atoms with Gasteiger partial charge in [-0.05, 0) is 26.4 Å². The maximum Gasteiger partial charge on any atom is 0.254 e. The van der Waals surface area contributed by atoms with E-state index in [1.165, 1.54) is 6.07 Å². The molecule has 3 rings (SSSR count). The minimum Gasteiger partial charge on any atom is -0.336 e. The van der Waals surface area contributed by atoms with Crippen LogP contribution < -0.4 is 5.56 Å². The van der Waals surface area contributed by atoms with E-state index in [0.29, 0.717) is 35.5 Å². The summed E-state index contributed by atoms with van der Waals surface area (Å²) in [6, 6.07) is 9.20. The van der Waals surface area contributed by atoms with E-state index in [-0.39, 0.29) is 11.5 Å². The fourth-order valence-corrected chi connectivity index (χ4v) is 4.17. The minimum absolute atomic E-state index is 0.0595. The predicted molar refractivity (Wildman–Crippen MR) is 95.3 cm³/mol. The molecule has 0 bridgehead atoms. The molecule has 6 heteroatoms. The largest absolute Gasteiger partial charge is 0.336 e. The van der Waals surface area contributed by atoms with E-state index in [4.69, 9.17) is 0 Å². The Morgan fingerprint density at radius 2 is 2.04 bits per heavy atom. The summed E-state index contributed by atoms with van der Waals surface area (Å²) in [7, 11) is 4.09. The maximum atomic E-state index is 13.0. The zero-order valence-corrected chi connectivity index (χ0v) is 14.4. The molecule has 1 fully saturated rings. The summed E-state index contributed by atoms with van der Waals surface area (Å²) in [5, 5.41) is 1.19. The average molecular weight is 331 g/mol. The van der Waals surface area contributed by atoms with Crippen molar-refractivity contribution in [1.82, 2.24) is 14.8 Å². The summed E-state index contributed by atoms with van der Waals surface area (Å²) < 4.78 is 0. The summed E-state index contributed by atoms with van der Waals surface area (Å²) in [5.41, 5.74) is 0.952. The van der Waals surface area contributed by atoms with Crippen LogP contribution in [0, 0.1) is 0 Å². The molecule has 5 nitrogen and oxygen atoms in total. The van der Waals surface area contributed by atoms with Crippen LogP contribution >= 0.6 is 11.8 Å². The smallest absolute Gasteiger partial charge is 0.254 e. The molecular formula is C17H21N3O2S. The lowest BCUT2D eigenvalue weighted by molar-refractivity contribution is 0.0785. The zero-order chi connectivity index (χ0) is 16.6. The van der Waals surface area contributed by atoms with Crippen molar-refractivity contribution in [2.75, 3.05) is 33.4 Å². The van der Waals surface area contributed by atoms with Crippen molar-refractivity contribution in [2.45, 2.75) is 11.3 Å². The first kappa shape index (κ1) is 16.1. The molecule has 0 radical (unpaired) electrons. The molecule has 1 aromatic carbocycles. The molecule has 2 heterocycles. The van der Waals surface area contributed by atoms with Gasteiger partial charge in [0.1, 0.15) is 0 Å². The van der Waals surface area contributed by atoms with Gasteiger partial charge in [-0.25, -0.2) is 0 Å². The van der Waals surface area contributed by atoms with Crippen molar-refractivity contribution in [3.05, 3.63) is 46.2 Å². The van der Waals surface area contributed by atoms with Crippen LogP contribution in [-0.2, 0) is 0 Å². The number of aromatic nitrogens is 1. The van der Waals surface area contributed by atoms with Crippen molar-refractivity contribution in [3.8, 4) is 0 Å². The Kier molecular flexibility index (Phi) is 4.46. The monoisotopic (exact) mass is 331 g/mol. The third-order valence-electron chi connectivity index (χ3n) is 4.47. The number of rotatable bonds is 3. The molecule has 122 valence electrons. The zero-order valence-electron chi connectivity index (χ0n) is 13.6. The SMILES string of the molecule is CS[C@H]1CN(C(=O)c2cc(=O)[nH]c3ccccc23)C[C@H]1N(C)C. The minimum atomic E-state index is -0.239. The van der Waals surface area contributed by atoms with Gasteiger partial charge in [-0.15, -0.1) is 0 Å². The number of carbonyl (C=O) groups excluding carboxylic acids is 1. The predicted octanol–water partition coefficient (Wildman–Crippen LogP) is 1.65. The Morgan fingerprint density at radius 1 is 1.30 bits per heavy atom. The normalized spacial score (nSPS) is 21.3. The van der Waals surface area contributed by atoms with E-state index in [1.54, 1.807) is 11.8 Å². The number of carbonyl (C=O) groups is 1. The molecule has 1 amide bonds. The second-order valence-electron chi connectivity index (χ2n) is 6.11. The van der Waals surface area contributed by atoms with E-state index in [1.807, 2.05) is 43.3 Å². The van der Waals surface area contributed by atoms with Crippen molar-refractivity contribution in [1.29, 1.82) is 0 Å². The highest BCUT2D eigenvalue weighted by Crippen LogP contribution is 2.26. The number of nitrogens with one attached hydrogen (secondary N) is 1. The molecule has 0 unspecified atom stereocenters. The number of fused-ring (bicyclic) bond motifs is 1. The highest BCUT2D eigenvalue weighted by atomic mass is 32.2. The van der Waals surface area contributed by atoms with Crippen molar-refractivity contribution in [2.24, 2.45) is 0 Å². The first-order valence-electron chi connectivity index (χ1n) is 7.62. The van der Waals surface area contributed by atoms with Crippen LogP contribution in [0.5, 0.6) is 0 Å². The number of likely N-dealkylation sites (tertiary alicyclic amines) is 1. The van der Waals surface area contributed by atoms with Crippen molar-refractivity contribution in [3.63, 3.8) is 0 Å². The standard InChI is InChI=1S/C17H21N3O2S/c1-19(2)14-9-20(10-15(14)23-3)17(22)12-8-16(21)18-13-7-5-4-6-11(12)13/h4-8,14-15H,9-10H2,1-3H3,(H,18,21)/t14-,15+/m1/s1. The maximum absolute atomic E-state index is 13.0. The van der Waals surface area contributed by atoms with Gasteiger partial charge in [0, 0.05) is 41.4 Å². The second-order valence-corrected chi connectivity index (χ2v) is 7.18. The van der Waals surface area contributed by atoms with Crippen LogP contribution in [-0.4, -0.2) is 65.4 Å². The van der Waals surface area contributed by atoms with Crippen LogP contribution in [0.2, 0.25) is 0 Å². The van der Waals surface area contributed by atoms with E-state index in [2.05, 4.69) is 16.1 Å². The number of para-hydroxylation sites is 1. The lowest BCUT2D eigenvalue weighted by Crippen LogP contribution is -2.37. The number of likely N-dealkylation sites (N-methyl/N-ethyl adjacent to an activating group) is 1. The molecule has 0 spiro atoms. The van der Waals surface area contributed by atoms with Gasteiger partial charge in [0.05, 0.1) is 5.56 Å². The summed E-state index contributed by atoms with van der Waals surface area (Å²) in [6.07, 6.45) is 2.08. The molecular weight excluding hydrogens is 310 g/mol. The van der Waals surface area contributed by atoms with Gasteiger partial charge >= 0.3 is 0 Å². The molecule has 1 aromatic heterocycles. The number of benzene rings is 1. The van der Waals surface area contributed by atoms with Gasteiger partial charge in [-0.3, -0.25) is 9.59 Å². The second kappa shape index (κ2) is 6.37. The number of amides is 1. The number of hydrogen-bond donors (Lipinski definition) is 1. The summed E-state index contributed by atoms with van der Waals surface area (Å²) in [4.78, 5) is 31.7. The van der Waals surface area contributed by atoms with Crippen LogP contribution in [0.1, 0.15) is 10.4 Å². The van der Waals surface area contributed by atoms with Crippen LogP contribution in [0.15, 0.2) is 35.1 Å². The Labute approximate surface area is 139 Å². The molecule has 1 N–H and O–H groups in total. The lowest BCUT2D eigenvalue weighted by atomic mass is 10.1. The highest BCUT2D eigenvalue weighted by Gasteiger charge is 2.36. The Hall–Kier alpha value is -1.79. The van der Waals surface area contributed by atoms with Gasteiger partial charge in [0.2, 0.25) is 5.56 Å². The van der Waals surface area contributed by atoms with Crippen molar-refractivity contribution < 1.29 is 4.79 Å². The third-order valence-corrected chi connectivity index (χ3v) is 5.54. The quantitative estimate of drug-likeness (QED) is 0.929. The van der Waals surface area contributed by atoms with Crippen LogP contribution in [0.25, 0.3) is 10.9 Å². The number of aromatic amines is 1. The Balaban J connectivity index is 1.97. The molecule has 0 aliphatic carbocycles. The highest BCUT2D eigenvalue weighted by molar-refractivity contribution is 7.99. The molecule has 1 aliphatic heterocycles. The Bertz CT molecular complexity index is 787. The van der Waals surface area contributed by atoms with Crippen LogP contribution in [0.4, 0.5) is 0 Å². The van der Waals surface area contributed by atoms with E-state index in [0.717, 1.165) is 5.39 Å². The van der Waals surface area contributed by atoms with Gasteiger partial charge in [0.25, 0.3) is 5.91 Å². The molecule has 1 saturated heterocycles. The van der Waals surface area contributed by atoms with Gasteiger partial charge in [0.15, 0.2) is 0 Å². The Morgan fingerprint density at radius 3 is 2.70 bits per heavy atom. The van der Waals surface area contributed by atoms with E-state index < -0.39 is 0 Å². The number of nitrogens with zero attached hydrogens (tertiary/aromatic N) is 2. The number of H-pyrrole nitrogens is 1. The fourth-order valence-electron chi connectivity index (χ4n) is 3.20. The topological polar surface area (TPSA) is 56.4 Å².